The highest BCUT2D eigenvalue weighted by Gasteiger charge is 2.26. The summed E-state index contributed by atoms with van der Waals surface area (Å²) in [7, 11) is 1.70. The van der Waals surface area contributed by atoms with Crippen molar-refractivity contribution in [3.8, 4) is 0 Å². The highest BCUT2D eigenvalue weighted by atomic mass is 16.4. The zero-order chi connectivity index (χ0) is 14.7. The fourth-order valence-corrected chi connectivity index (χ4v) is 2.57. The molecule has 1 aromatic heterocycles. The van der Waals surface area contributed by atoms with Gasteiger partial charge in [0, 0.05) is 24.8 Å². The van der Waals surface area contributed by atoms with Gasteiger partial charge in [-0.15, -0.1) is 0 Å². The van der Waals surface area contributed by atoms with E-state index in [0.29, 0.717) is 11.5 Å². The number of carboxylic acids is 1. The zero-order valence-corrected chi connectivity index (χ0v) is 11.7. The number of nitrogens with one attached hydrogen (secondary N) is 2. The topological polar surface area (TPSA) is 96.2 Å². The van der Waals surface area contributed by atoms with Crippen molar-refractivity contribution in [2.24, 2.45) is 13.0 Å². The first kappa shape index (κ1) is 14.4. The van der Waals surface area contributed by atoms with E-state index in [1.54, 1.807) is 13.2 Å². The van der Waals surface area contributed by atoms with Crippen LogP contribution < -0.4 is 10.6 Å². The summed E-state index contributed by atoms with van der Waals surface area (Å²) in [5, 5.41) is 18.4. The van der Waals surface area contributed by atoms with E-state index in [-0.39, 0.29) is 6.04 Å². The number of urea groups is 1. The second kappa shape index (κ2) is 5.94. The fraction of sp³-hybridized carbons (Fsp3) is 0.615. The minimum atomic E-state index is -1.10. The van der Waals surface area contributed by atoms with E-state index < -0.39 is 18.0 Å². The molecular formula is C13H20N4O3. The van der Waals surface area contributed by atoms with Crippen molar-refractivity contribution in [2.45, 2.75) is 38.3 Å². The molecular weight excluding hydrogens is 260 g/mol. The highest BCUT2D eigenvalue weighted by molar-refractivity contribution is 5.83. The van der Waals surface area contributed by atoms with Gasteiger partial charge in [0.05, 0.1) is 6.20 Å². The average molecular weight is 280 g/mol. The molecule has 110 valence electrons. The Morgan fingerprint density at radius 1 is 1.50 bits per heavy atom. The van der Waals surface area contributed by atoms with Crippen LogP contribution in [0.2, 0.25) is 0 Å². The van der Waals surface area contributed by atoms with Crippen molar-refractivity contribution in [3.63, 3.8) is 0 Å². The molecule has 0 radical (unpaired) electrons. The van der Waals surface area contributed by atoms with Crippen LogP contribution in [0.15, 0.2) is 12.4 Å². The smallest absolute Gasteiger partial charge is 0.331 e. The molecule has 1 saturated carbocycles. The lowest BCUT2D eigenvalue weighted by molar-refractivity contribution is -0.139. The molecule has 1 aliphatic carbocycles. The first-order valence-corrected chi connectivity index (χ1v) is 6.74. The van der Waals surface area contributed by atoms with Gasteiger partial charge in [-0.3, -0.25) is 4.68 Å². The predicted octanol–water partition coefficient (Wildman–Crippen LogP) is 1.03. The quantitative estimate of drug-likeness (QED) is 0.767. The molecule has 2 amide bonds. The number of carbonyl (C=O) groups excluding carboxylic acids is 1. The van der Waals surface area contributed by atoms with Crippen molar-refractivity contribution in [1.82, 2.24) is 20.4 Å². The van der Waals surface area contributed by atoms with Gasteiger partial charge in [-0.25, -0.2) is 9.59 Å². The summed E-state index contributed by atoms with van der Waals surface area (Å²) in [6.45, 7) is 2.15. The number of amides is 2. The van der Waals surface area contributed by atoms with Crippen LogP contribution >= 0.6 is 0 Å². The van der Waals surface area contributed by atoms with Gasteiger partial charge >= 0.3 is 12.0 Å². The Morgan fingerprint density at radius 3 is 2.75 bits per heavy atom. The Balaban J connectivity index is 1.94. The number of hydrogen-bond donors (Lipinski definition) is 3. The first-order chi connectivity index (χ1) is 9.45. The number of aliphatic carboxylic acids is 1. The summed E-state index contributed by atoms with van der Waals surface area (Å²) >= 11 is 0. The van der Waals surface area contributed by atoms with E-state index in [4.69, 9.17) is 0 Å². The monoisotopic (exact) mass is 280 g/mol. The molecule has 1 fully saturated rings. The van der Waals surface area contributed by atoms with Crippen LogP contribution in [0.3, 0.4) is 0 Å². The maximum atomic E-state index is 11.9. The second-order valence-electron chi connectivity index (χ2n) is 5.45. The van der Waals surface area contributed by atoms with Gasteiger partial charge in [-0.2, -0.15) is 5.10 Å². The lowest BCUT2D eigenvalue weighted by atomic mass is 10.1. The molecule has 20 heavy (non-hydrogen) atoms. The summed E-state index contributed by atoms with van der Waals surface area (Å²) in [5.74, 6) is -0.498. The maximum absolute atomic E-state index is 11.9. The predicted molar refractivity (Wildman–Crippen MR) is 72.1 cm³/mol. The van der Waals surface area contributed by atoms with Crippen molar-refractivity contribution in [3.05, 3.63) is 18.0 Å². The van der Waals surface area contributed by atoms with E-state index in [1.165, 1.54) is 10.9 Å². The summed E-state index contributed by atoms with van der Waals surface area (Å²) in [6.07, 6.45) is 6.00. The van der Waals surface area contributed by atoms with Gasteiger partial charge < -0.3 is 15.7 Å². The summed E-state index contributed by atoms with van der Waals surface area (Å²) in [6, 6.07) is -1.39. The van der Waals surface area contributed by atoms with E-state index in [1.807, 2.05) is 0 Å². The van der Waals surface area contributed by atoms with Gasteiger partial charge in [0.15, 0.2) is 6.04 Å². The van der Waals surface area contributed by atoms with Gasteiger partial charge in [0.1, 0.15) is 0 Å². The van der Waals surface area contributed by atoms with Gasteiger partial charge in [0.2, 0.25) is 0 Å². The Labute approximate surface area is 117 Å². The van der Waals surface area contributed by atoms with Gasteiger partial charge in [0.25, 0.3) is 0 Å². The molecule has 1 aromatic rings. The largest absolute Gasteiger partial charge is 0.479 e. The van der Waals surface area contributed by atoms with Gasteiger partial charge in [-0.1, -0.05) is 6.92 Å². The molecule has 3 N–H and O–H groups in total. The summed E-state index contributed by atoms with van der Waals surface area (Å²) in [4.78, 5) is 23.1. The second-order valence-corrected chi connectivity index (χ2v) is 5.45. The molecule has 7 heteroatoms. The first-order valence-electron chi connectivity index (χ1n) is 6.74. The lowest BCUT2D eigenvalue weighted by Gasteiger charge is -2.17. The van der Waals surface area contributed by atoms with Crippen LogP contribution in [0.5, 0.6) is 0 Å². The van der Waals surface area contributed by atoms with Crippen LogP contribution in [-0.2, 0) is 11.8 Å². The molecule has 2 rings (SSSR count). The van der Waals surface area contributed by atoms with E-state index in [0.717, 1.165) is 19.3 Å². The highest BCUT2D eigenvalue weighted by Crippen LogP contribution is 2.24. The lowest BCUT2D eigenvalue weighted by Crippen LogP contribution is -2.44. The molecule has 0 spiro atoms. The fourth-order valence-electron chi connectivity index (χ4n) is 2.57. The molecule has 3 atom stereocenters. The SMILES string of the molecule is CC1CCC(NC(=O)NC(C(=O)O)c2cnn(C)c2)C1. The number of carbonyl (C=O) groups is 2. The number of hydrogen-bond acceptors (Lipinski definition) is 3. The molecule has 3 unspecified atom stereocenters. The third-order valence-corrected chi connectivity index (χ3v) is 3.61. The van der Waals surface area contributed by atoms with Crippen molar-refractivity contribution in [1.29, 1.82) is 0 Å². The van der Waals surface area contributed by atoms with Crippen LogP contribution in [0.25, 0.3) is 0 Å². The van der Waals surface area contributed by atoms with Crippen LogP contribution in [0, 0.1) is 5.92 Å². The molecule has 0 aromatic carbocycles. The molecule has 1 heterocycles. The normalized spacial score (nSPS) is 23.3. The minimum absolute atomic E-state index is 0.133. The number of rotatable bonds is 4. The third kappa shape index (κ3) is 3.49. The summed E-state index contributed by atoms with van der Waals surface area (Å²) < 4.78 is 1.50. The van der Waals surface area contributed by atoms with Gasteiger partial charge in [-0.05, 0) is 25.2 Å². The Bertz CT molecular complexity index is 500. The van der Waals surface area contributed by atoms with Crippen LogP contribution in [-0.4, -0.2) is 32.9 Å². The Kier molecular flexibility index (Phi) is 4.26. The van der Waals surface area contributed by atoms with E-state index >= 15 is 0 Å². The molecule has 7 nitrogen and oxygen atoms in total. The van der Waals surface area contributed by atoms with Crippen molar-refractivity contribution < 1.29 is 14.7 Å². The summed E-state index contributed by atoms with van der Waals surface area (Å²) in [5.41, 5.74) is 0.454. The molecule has 0 aliphatic heterocycles. The van der Waals surface area contributed by atoms with E-state index in [2.05, 4.69) is 22.7 Å². The van der Waals surface area contributed by atoms with Crippen molar-refractivity contribution in [2.75, 3.05) is 0 Å². The number of nitrogens with zero attached hydrogens (tertiary/aromatic N) is 2. The number of aromatic nitrogens is 2. The van der Waals surface area contributed by atoms with Crippen molar-refractivity contribution >= 4 is 12.0 Å². The number of carboxylic acid groups (broad SMARTS) is 1. The minimum Gasteiger partial charge on any atom is -0.479 e. The van der Waals surface area contributed by atoms with Crippen LogP contribution in [0.4, 0.5) is 4.79 Å². The van der Waals surface area contributed by atoms with E-state index in [9.17, 15) is 14.7 Å². The van der Waals surface area contributed by atoms with Crippen LogP contribution in [0.1, 0.15) is 37.8 Å². The molecule has 1 aliphatic rings. The Hall–Kier alpha value is -2.05. The maximum Gasteiger partial charge on any atom is 0.331 e. The molecule has 0 saturated heterocycles. The standard InChI is InChI=1S/C13H20N4O3/c1-8-3-4-10(5-8)15-13(20)16-11(12(18)19)9-6-14-17(2)7-9/h6-8,10-11H,3-5H2,1-2H3,(H,18,19)(H2,15,16,20). The third-order valence-electron chi connectivity index (χ3n) is 3.61. The average Bonchev–Trinajstić information content (AvgIpc) is 2.95. The Morgan fingerprint density at radius 2 is 2.25 bits per heavy atom. The molecule has 0 bridgehead atoms. The number of aryl methyl sites for hydroxylation is 1. The zero-order valence-electron chi connectivity index (χ0n) is 11.7.